The Kier molecular flexibility index (Phi) is 8.77. The normalized spacial score (nSPS) is 14.6. The summed E-state index contributed by atoms with van der Waals surface area (Å²) in [7, 11) is 1.75. The van der Waals surface area contributed by atoms with E-state index in [2.05, 4.69) is 51.6 Å². The minimum atomic E-state index is 0. The number of allylic oxidation sites excluding steroid dienone is 4. The Balaban J connectivity index is 0.00000162. The molecule has 0 fully saturated rings. The molecular formula is C15H19Cl2OTi. The fourth-order valence-electron chi connectivity index (χ4n) is 2.41. The predicted molar refractivity (Wildman–Crippen MR) is 81.3 cm³/mol. The van der Waals surface area contributed by atoms with Crippen LogP contribution in [0.1, 0.15) is 31.2 Å². The van der Waals surface area contributed by atoms with E-state index in [9.17, 15) is 0 Å². The molecule has 1 aliphatic carbocycles. The third kappa shape index (κ3) is 4.13. The first-order chi connectivity index (χ1) is 8.27. The molecule has 19 heavy (non-hydrogen) atoms. The van der Waals surface area contributed by atoms with Crippen molar-refractivity contribution in [3.63, 3.8) is 0 Å². The summed E-state index contributed by atoms with van der Waals surface area (Å²) in [6, 6.07) is 8.35. The third-order valence-corrected chi connectivity index (χ3v) is 4.04. The van der Waals surface area contributed by atoms with Gasteiger partial charge in [-0.25, -0.2) is 0 Å². The smallest absolute Gasteiger partial charge is 0.147 e. The summed E-state index contributed by atoms with van der Waals surface area (Å²) in [5, 5.41) is 0. The number of hydrogen-bond acceptors (Lipinski definition) is 1. The van der Waals surface area contributed by atoms with E-state index in [0.29, 0.717) is 5.92 Å². The molecule has 103 valence electrons. The van der Waals surface area contributed by atoms with E-state index in [-0.39, 0.29) is 24.8 Å². The maximum absolute atomic E-state index is 5.48. The molecule has 0 saturated heterocycles. The molecule has 0 radical (unpaired) electrons. The van der Waals surface area contributed by atoms with Crippen molar-refractivity contribution in [2.24, 2.45) is 0 Å². The zero-order valence-corrected chi connectivity index (χ0v) is 14.4. The van der Waals surface area contributed by atoms with E-state index >= 15 is 0 Å². The predicted octanol–water partition coefficient (Wildman–Crippen LogP) is 4.79. The van der Waals surface area contributed by atoms with Crippen LogP contribution < -0.4 is 4.74 Å². The van der Waals surface area contributed by atoms with Crippen molar-refractivity contribution < 1.29 is 25.2 Å². The van der Waals surface area contributed by atoms with Gasteiger partial charge in [-0.05, 0) is 0 Å². The zero-order valence-electron chi connectivity index (χ0n) is 11.2. The third-order valence-electron chi connectivity index (χ3n) is 3.27. The minimum absolute atomic E-state index is 0. The molecular weight excluding hydrogens is 315 g/mol. The summed E-state index contributed by atoms with van der Waals surface area (Å²) in [5.41, 5.74) is 2.77. The molecule has 0 bridgehead atoms. The minimum Gasteiger partial charge on any atom is -0.147 e. The molecule has 0 aliphatic heterocycles. The van der Waals surface area contributed by atoms with E-state index in [0.717, 1.165) is 18.6 Å². The van der Waals surface area contributed by atoms with Crippen LogP contribution in [0, 0.1) is 0 Å². The Morgan fingerprint density at radius 1 is 1.26 bits per heavy atom. The number of methoxy groups -OCH3 is 1. The molecule has 0 amide bonds. The van der Waals surface area contributed by atoms with Crippen molar-refractivity contribution >= 4 is 24.8 Å². The summed E-state index contributed by atoms with van der Waals surface area (Å²) in [6.07, 6.45) is 6.73. The largest absolute Gasteiger partial charge is 0.147 e. The quantitative estimate of drug-likeness (QED) is 0.719. The van der Waals surface area contributed by atoms with Gasteiger partial charge in [0.1, 0.15) is 0 Å². The number of hydrogen-bond donors (Lipinski definition) is 0. The van der Waals surface area contributed by atoms with Crippen molar-refractivity contribution in [2.75, 3.05) is 7.11 Å². The summed E-state index contributed by atoms with van der Waals surface area (Å²) in [5.74, 6) is 1.46. The molecule has 4 heteroatoms. The van der Waals surface area contributed by atoms with Gasteiger partial charge >= 0.3 is 115 Å². The van der Waals surface area contributed by atoms with E-state index in [1.807, 2.05) is 12.1 Å². The number of halogens is 2. The van der Waals surface area contributed by atoms with E-state index in [1.165, 1.54) is 15.0 Å². The molecule has 1 aromatic carbocycles. The van der Waals surface area contributed by atoms with Gasteiger partial charge in [-0.3, -0.25) is 0 Å². The van der Waals surface area contributed by atoms with Crippen LogP contribution in [0.15, 0.2) is 45.9 Å². The molecule has 1 aromatic rings. The molecule has 0 aromatic heterocycles. The van der Waals surface area contributed by atoms with Crippen molar-refractivity contribution in [1.29, 1.82) is 0 Å². The average molecular weight is 334 g/mol. The van der Waals surface area contributed by atoms with Gasteiger partial charge in [-0.1, -0.05) is 0 Å². The Morgan fingerprint density at radius 2 is 1.95 bits per heavy atom. The van der Waals surface area contributed by atoms with Crippen LogP contribution >= 0.6 is 24.8 Å². The van der Waals surface area contributed by atoms with Gasteiger partial charge < -0.3 is 0 Å². The maximum atomic E-state index is 5.48. The van der Waals surface area contributed by atoms with Crippen molar-refractivity contribution in [1.82, 2.24) is 0 Å². The fourth-order valence-corrected chi connectivity index (χ4v) is 3.00. The van der Waals surface area contributed by atoms with E-state index in [4.69, 9.17) is 4.74 Å². The van der Waals surface area contributed by atoms with Crippen LogP contribution in [0.2, 0.25) is 0 Å². The number of benzene rings is 1. The van der Waals surface area contributed by atoms with Gasteiger partial charge in [-0.2, -0.15) is 0 Å². The second kappa shape index (κ2) is 8.86. The monoisotopic (exact) mass is 333 g/mol. The SMILES string of the molecule is CCC(C1=[C]([Ti])CC=C1)c1ccccc1OC.Cl.Cl. The van der Waals surface area contributed by atoms with Crippen LogP contribution in [0.4, 0.5) is 0 Å². The van der Waals surface area contributed by atoms with E-state index < -0.39 is 0 Å². The molecule has 0 spiro atoms. The summed E-state index contributed by atoms with van der Waals surface area (Å²) in [6.45, 7) is 2.24. The van der Waals surface area contributed by atoms with Crippen molar-refractivity contribution in [3.05, 3.63) is 51.4 Å². The molecule has 1 unspecified atom stereocenters. The topological polar surface area (TPSA) is 9.23 Å². The Bertz CT molecular complexity index is 469. The molecule has 0 N–H and O–H groups in total. The van der Waals surface area contributed by atoms with Crippen LogP contribution in [0.3, 0.4) is 0 Å². The van der Waals surface area contributed by atoms with Gasteiger partial charge in [0.25, 0.3) is 0 Å². The van der Waals surface area contributed by atoms with Crippen LogP contribution in [0.5, 0.6) is 5.75 Å². The summed E-state index contributed by atoms with van der Waals surface area (Å²) >= 11 is 2.23. The van der Waals surface area contributed by atoms with Gasteiger partial charge in [0.05, 0.1) is 0 Å². The molecule has 2 rings (SSSR count). The fraction of sp³-hybridized carbons (Fsp3) is 0.333. The second-order valence-corrected chi connectivity index (χ2v) is 5.19. The Hall–Kier alpha value is -0.206. The maximum Gasteiger partial charge on any atom is -0.147 e. The van der Waals surface area contributed by atoms with Gasteiger partial charge in [-0.15, -0.1) is 24.8 Å². The van der Waals surface area contributed by atoms with Crippen molar-refractivity contribution in [2.45, 2.75) is 25.7 Å². The first kappa shape index (κ1) is 18.8. The molecule has 1 atom stereocenters. The molecule has 0 saturated carbocycles. The first-order valence-corrected chi connectivity index (χ1v) is 6.80. The van der Waals surface area contributed by atoms with Crippen LogP contribution in [0.25, 0.3) is 0 Å². The number of para-hydroxylation sites is 1. The van der Waals surface area contributed by atoms with Gasteiger partial charge in [0.15, 0.2) is 0 Å². The summed E-state index contributed by atoms with van der Waals surface area (Å²) in [4.78, 5) is 0. The van der Waals surface area contributed by atoms with E-state index in [1.54, 1.807) is 7.11 Å². The molecule has 1 aliphatic rings. The average Bonchev–Trinajstić information content (AvgIpc) is 2.78. The summed E-state index contributed by atoms with van der Waals surface area (Å²) < 4.78 is 6.96. The first-order valence-electron chi connectivity index (χ1n) is 6.02. The standard InChI is InChI=1S/C15H17O.2ClH.Ti/c1-3-13(12-8-4-5-9-12)14-10-6-7-11-15(14)16-2;;;/h4,6-8,10-11,13H,3,5H2,1-2H3;2*1H;. The Morgan fingerprint density at radius 3 is 2.47 bits per heavy atom. The number of rotatable bonds is 4. The number of ether oxygens (including phenoxy) is 1. The Labute approximate surface area is 139 Å². The van der Waals surface area contributed by atoms with Crippen molar-refractivity contribution in [3.8, 4) is 5.75 Å². The molecule has 1 nitrogen and oxygen atoms in total. The van der Waals surface area contributed by atoms with Gasteiger partial charge in [0.2, 0.25) is 0 Å². The second-order valence-electron chi connectivity index (χ2n) is 4.24. The van der Waals surface area contributed by atoms with Gasteiger partial charge in [0, 0.05) is 0 Å². The van der Waals surface area contributed by atoms with Crippen LogP contribution in [-0.2, 0) is 20.4 Å². The zero-order chi connectivity index (χ0) is 12.3. The molecule has 0 heterocycles. The van der Waals surface area contributed by atoms with Crippen LogP contribution in [-0.4, -0.2) is 7.11 Å².